The van der Waals surface area contributed by atoms with E-state index in [1.165, 1.54) is 17.7 Å². The minimum atomic E-state index is 0.983. The van der Waals surface area contributed by atoms with E-state index in [0.29, 0.717) is 0 Å². The number of nitrogens with zero attached hydrogens (tertiary/aromatic N) is 2. The van der Waals surface area contributed by atoms with Crippen molar-refractivity contribution in [1.82, 2.24) is 4.90 Å². The first-order valence-corrected chi connectivity index (χ1v) is 5.55. The lowest BCUT2D eigenvalue weighted by molar-refractivity contribution is 0.406. The van der Waals surface area contributed by atoms with Crippen molar-refractivity contribution < 1.29 is 0 Å². The van der Waals surface area contributed by atoms with Gasteiger partial charge in [0.2, 0.25) is 0 Å². The van der Waals surface area contributed by atoms with Crippen LogP contribution < -0.4 is 4.90 Å². The van der Waals surface area contributed by atoms with Gasteiger partial charge in [-0.05, 0) is 25.5 Å². The second-order valence-corrected chi connectivity index (χ2v) is 4.06. The van der Waals surface area contributed by atoms with E-state index in [1.54, 1.807) is 0 Å². The minimum absolute atomic E-state index is 0.983. The van der Waals surface area contributed by atoms with Crippen LogP contribution >= 0.6 is 0 Å². The molecule has 0 atom stereocenters. The molecular formula is C13H18N2. The van der Waals surface area contributed by atoms with E-state index < -0.39 is 0 Å². The summed E-state index contributed by atoms with van der Waals surface area (Å²) in [6.45, 7) is 6.45. The smallest absolute Gasteiger partial charge is 0.0941 e. The number of hydrogen-bond acceptors (Lipinski definition) is 2. The topological polar surface area (TPSA) is 6.48 Å². The molecule has 0 aromatic heterocycles. The van der Waals surface area contributed by atoms with Gasteiger partial charge in [-0.1, -0.05) is 24.6 Å². The Morgan fingerprint density at radius 2 is 1.87 bits per heavy atom. The maximum Gasteiger partial charge on any atom is 0.0941 e. The standard InChI is InChI=1S/C13H18N2/c1-3-8-14-9-10-15(11-14)13-6-4-12(2)5-7-13/h4-7,9-10H,3,8,11H2,1-2H3. The lowest BCUT2D eigenvalue weighted by atomic mass is 10.2. The molecule has 0 aliphatic carbocycles. The molecule has 1 aromatic rings. The normalized spacial score (nSPS) is 15.1. The summed E-state index contributed by atoms with van der Waals surface area (Å²) in [6, 6.07) is 8.67. The SMILES string of the molecule is CCCN1C=CN(c2ccc(C)cc2)C1. The van der Waals surface area contributed by atoms with Crippen LogP contribution in [0.2, 0.25) is 0 Å². The summed E-state index contributed by atoms with van der Waals surface area (Å²) >= 11 is 0. The summed E-state index contributed by atoms with van der Waals surface area (Å²) in [5.41, 5.74) is 2.59. The molecule has 0 amide bonds. The Morgan fingerprint density at radius 1 is 1.13 bits per heavy atom. The van der Waals surface area contributed by atoms with Crippen LogP contribution in [0.4, 0.5) is 5.69 Å². The Hall–Kier alpha value is -1.44. The van der Waals surface area contributed by atoms with Gasteiger partial charge in [0.1, 0.15) is 0 Å². The summed E-state index contributed by atoms with van der Waals surface area (Å²) in [5, 5.41) is 0. The summed E-state index contributed by atoms with van der Waals surface area (Å²) in [5.74, 6) is 0. The quantitative estimate of drug-likeness (QED) is 0.743. The Kier molecular flexibility index (Phi) is 2.95. The summed E-state index contributed by atoms with van der Waals surface area (Å²) in [7, 11) is 0. The second kappa shape index (κ2) is 4.39. The Morgan fingerprint density at radius 3 is 2.53 bits per heavy atom. The molecule has 0 fully saturated rings. The highest BCUT2D eigenvalue weighted by Crippen LogP contribution is 2.19. The molecule has 1 aliphatic rings. The number of rotatable bonds is 3. The number of anilines is 1. The largest absolute Gasteiger partial charge is 0.358 e. The molecule has 80 valence electrons. The Labute approximate surface area is 91.8 Å². The monoisotopic (exact) mass is 202 g/mol. The summed E-state index contributed by atoms with van der Waals surface area (Å²) < 4.78 is 0. The van der Waals surface area contributed by atoms with Gasteiger partial charge in [0.25, 0.3) is 0 Å². The highest BCUT2D eigenvalue weighted by atomic mass is 15.3. The average molecular weight is 202 g/mol. The maximum absolute atomic E-state index is 2.33. The van der Waals surface area contributed by atoms with Crippen LogP contribution in [-0.4, -0.2) is 18.1 Å². The zero-order chi connectivity index (χ0) is 10.7. The first-order valence-electron chi connectivity index (χ1n) is 5.55. The third-order valence-electron chi connectivity index (χ3n) is 2.67. The van der Waals surface area contributed by atoms with E-state index in [-0.39, 0.29) is 0 Å². The second-order valence-electron chi connectivity index (χ2n) is 4.06. The van der Waals surface area contributed by atoms with Crippen molar-refractivity contribution >= 4 is 5.69 Å². The highest BCUT2D eigenvalue weighted by Gasteiger charge is 2.12. The fraction of sp³-hybridized carbons (Fsp3) is 0.385. The molecule has 0 radical (unpaired) electrons. The average Bonchev–Trinajstić information content (AvgIpc) is 2.68. The maximum atomic E-state index is 2.33. The third kappa shape index (κ3) is 2.32. The van der Waals surface area contributed by atoms with E-state index in [2.05, 4.69) is 60.3 Å². The number of benzene rings is 1. The van der Waals surface area contributed by atoms with E-state index in [9.17, 15) is 0 Å². The highest BCUT2D eigenvalue weighted by molar-refractivity contribution is 5.51. The van der Waals surface area contributed by atoms with Gasteiger partial charge in [-0.3, -0.25) is 0 Å². The molecule has 0 bridgehead atoms. The van der Waals surface area contributed by atoms with Crippen molar-refractivity contribution in [3.05, 3.63) is 42.2 Å². The van der Waals surface area contributed by atoms with E-state index >= 15 is 0 Å². The zero-order valence-corrected chi connectivity index (χ0v) is 9.48. The van der Waals surface area contributed by atoms with Crippen LogP contribution in [0, 0.1) is 6.92 Å². The number of aryl methyl sites for hydroxylation is 1. The first-order chi connectivity index (χ1) is 7.29. The van der Waals surface area contributed by atoms with Gasteiger partial charge >= 0.3 is 0 Å². The van der Waals surface area contributed by atoms with E-state index in [1.807, 2.05) is 0 Å². The van der Waals surface area contributed by atoms with Gasteiger partial charge < -0.3 is 9.80 Å². The van der Waals surface area contributed by atoms with Crippen LogP contribution in [0.5, 0.6) is 0 Å². The minimum Gasteiger partial charge on any atom is -0.358 e. The van der Waals surface area contributed by atoms with Gasteiger partial charge in [-0.15, -0.1) is 0 Å². The molecule has 1 heterocycles. The predicted octanol–water partition coefficient (Wildman–Crippen LogP) is 2.96. The molecular weight excluding hydrogens is 184 g/mol. The van der Waals surface area contributed by atoms with Gasteiger partial charge in [-0.25, -0.2) is 0 Å². The summed E-state index contributed by atoms with van der Waals surface area (Å²) in [6.07, 6.45) is 5.52. The molecule has 1 aromatic carbocycles. The molecule has 2 nitrogen and oxygen atoms in total. The van der Waals surface area contributed by atoms with Crippen molar-refractivity contribution in [2.75, 3.05) is 18.1 Å². The first kappa shape index (κ1) is 10.1. The van der Waals surface area contributed by atoms with E-state index in [0.717, 1.165) is 13.2 Å². The van der Waals surface area contributed by atoms with Crippen molar-refractivity contribution in [3.63, 3.8) is 0 Å². The van der Waals surface area contributed by atoms with Crippen molar-refractivity contribution in [2.24, 2.45) is 0 Å². The van der Waals surface area contributed by atoms with E-state index in [4.69, 9.17) is 0 Å². The van der Waals surface area contributed by atoms with Crippen LogP contribution in [-0.2, 0) is 0 Å². The molecule has 0 saturated heterocycles. The fourth-order valence-electron chi connectivity index (χ4n) is 1.80. The number of hydrogen-bond donors (Lipinski definition) is 0. The molecule has 0 saturated carbocycles. The molecule has 2 rings (SSSR count). The van der Waals surface area contributed by atoms with Crippen molar-refractivity contribution in [2.45, 2.75) is 20.3 Å². The molecule has 1 aliphatic heterocycles. The molecule has 0 spiro atoms. The van der Waals surface area contributed by atoms with Gasteiger partial charge in [0, 0.05) is 24.6 Å². The zero-order valence-electron chi connectivity index (χ0n) is 9.48. The van der Waals surface area contributed by atoms with Crippen LogP contribution in [0.25, 0.3) is 0 Å². The fourth-order valence-corrected chi connectivity index (χ4v) is 1.80. The molecule has 15 heavy (non-hydrogen) atoms. The van der Waals surface area contributed by atoms with Crippen LogP contribution in [0.1, 0.15) is 18.9 Å². The summed E-state index contributed by atoms with van der Waals surface area (Å²) in [4.78, 5) is 4.61. The van der Waals surface area contributed by atoms with Crippen LogP contribution in [0.3, 0.4) is 0 Å². The Bertz CT molecular complexity index is 340. The van der Waals surface area contributed by atoms with Crippen LogP contribution in [0.15, 0.2) is 36.7 Å². The van der Waals surface area contributed by atoms with Crippen molar-refractivity contribution in [1.29, 1.82) is 0 Å². The Balaban J connectivity index is 2.02. The lowest BCUT2D eigenvalue weighted by Gasteiger charge is -2.20. The van der Waals surface area contributed by atoms with Gasteiger partial charge in [-0.2, -0.15) is 0 Å². The predicted molar refractivity (Wildman–Crippen MR) is 64.7 cm³/mol. The molecule has 2 heteroatoms. The molecule has 0 unspecified atom stereocenters. The third-order valence-corrected chi connectivity index (χ3v) is 2.67. The lowest BCUT2D eigenvalue weighted by Crippen LogP contribution is -2.25. The van der Waals surface area contributed by atoms with Gasteiger partial charge in [0.15, 0.2) is 0 Å². The van der Waals surface area contributed by atoms with Crippen molar-refractivity contribution in [3.8, 4) is 0 Å². The van der Waals surface area contributed by atoms with Gasteiger partial charge in [0.05, 0.1) is 6.67 Å². The molecule has 0 N–H and O–H groups in total.